The third-order valence-electron chi connectivity index (χ3n) is 11.3. The molecule has 4 aliphatic carbocycles. The minimum Gasteiger partial charge on any atom is -0.392 e. The van der Waals surface area contributed by atoms with Crippen LogP contribution in [0.3, 0.4) is 0 Å². The van der Waals surface area contributed by atoms with Gasteiger partial charge in [0.15, 0.2) is 5.78 Å². The monoisotopic (exact) mass is 506 g/mol. The van der Waals surface area contributed by atoms with Gasteiger partial charge in [0.05, 0.1) is 36.1 Å². The Hall–Kier alpha value is -1.09. The van der Waals surface area contributed by atoms with Crippen molar-refractivity contribution in [2.75, 3.05) is 6.61 Å². The molecule has 0 spiro atoms. The molecule has 3 saturated carbocycles. The van der Waals surface area contributed by atoms with Crippen molar-refractivity contribution in [3.63, 3.8) is 0 Å². The number of fused-ring (bicyclic) bond motifs is 5. The first-order chi connectivity index (χ1) is 16.7. The second-order valence-corrected chi connectivity index (χ2v) is 13.0. The normalized spacial score (nSPS) is 45.6. The zero-order valence-electron chi connectivity index (χ0n) is 22.3. The number of carbonyl (C=O) groups excluding carboxylic acids is 1. The van der Waals surface area contributed by atoms with Gasteiger partial charge in [0.2, 0.25) is 0 Å². The number of rotatable bonds is 7. The summed E-state index contributed by atoms with van der Waals surface area (Å²) in [5.41, 5.74) is -2.73. The summed E-state index contributed by atoms with van der Waals surface area (Å²) in [5, 5.41) is 65.5. The van der Waals surface area contributed by atoms with E-state index in [1.165, 1.54) is 0 Å². The van der Waals surface area contributed by atoms with Crippen LogP contribution in [-0.2, 0) is 4.79 Å². The van der Waals surface area contributed by atoms with Gasteiger partial charge in [-0.2, -0.15) is 0 Å². The molecule has 6 N–H and O–H groups in total. The lowest BCUT2D eigenvalue weighted by molar-refractivity contribution is -0.177. The Morgan fingerprint density at radius 1 is 1.19 bits per heavy atom. The summed E-state index contributed by atoms with van der Waals surface area (Å²) in [6, 6.07) is 0. The molecular weight excluding hydrogens is 460 g/mol. The fraction of sp³-hybridized carbons (Fsp3) is 0.828. The summed E-state index contributed by atoms with van der Waals surface area (Å²) in [6.07, 6.45) is 2.45. The van der Waals surface area contributed by atoms with Crippen molar-refractivity contribution in [3.05, 3.63) is 23.8 Å². The molecule has 3 fully saturated rings. The van der Waals surface area contributed by atoms with Crippen molar-refractivity contribution < 1.29 is 35.4 Å². The zero-order valence-corrected chi connectivity index (χ0v) is 22.3. The molecule has 204 valence electrons. The first-order valence-corrected chi connectivity index (χ1v) is 13.7. The second kappa shape index (κ2) is 9.28. The Labute approximate surface area is 214 Å². The third-order valence-corrected chi connectivity index (χ3v) is 11.3. The van der Waals surface area contributed by atoms with Crippen LogP contribution in [0.25, 0.3) is 0 Å². The minimum atomic E-state index is -1.48. The Morgan fingerprint density at radius 3 is 2.47 bits per heavy atom. The molecule has 0 aromatic rings. The van der Waals surface area contributed by atoms with Crippen LogP contribution < -0.4 is 0 Å². The van der Waals surface area contributed by atoms with Crippen LogP contribution in [0.5, 0.6) is 0 Å². The van der Waals surface area contributed by atoms with Crippen LogP contribution in [-0.4, -0.2) is 72.5 Å². The molecule has 0 amide bonds. The van der Waals surface area contributed by atoms with Crippen molar-refractivity contribution in [2.45, 2.75) is 109 Å². The number of aliphatic hydroxyl groups excluding tert-OH is 4. The first kappa shape index (κ1) is 27.9. The van der Waals surface area contributed by atoms with Gasteiger partial charge in [-0.1, -0.05) is 27.4 Å². The molecule has 4 rings (SSSR count). The van der Waals surface area contributed by atoms with Crippen molar-refractivity contribution in [3.8, 4) is 0 Å². The predicted octanol–water partition coefficient (Wildman–Crippen LogP) is 2.27. The van der Waals surface area contributed by atoms with E-state index in [1.807, 2.05) is 20.8 Å². The highest BCUT2D eigenvalue weighted by Gasteiger charge is 2.69. The topological polar surface area (TPSA) is 138 Å². The number of hydrogen-bond donors (Lipinski definition) is 6. The van der Waals surface area contributed by atoms with Gasteiger partial charge < -0.3 is 30.6 Å². The van der Waals surface area contributed by atoms with Crippen LogP contribution in [0.4, 0.5) is 0 Å². The molecule has 0 radical (unpaired) electrons. The van der Waals surface area contributed by atoms with E-state index in [0.29, 0.717) is 49.7 Å². The largest absolute Gasteiger partial charge is 0.392 e. The molecule has 11 atom stereocenters. The van der Waals surface area contributed by atoms with E-state index >= 15 is 0 Å². The smallest absolute Gasteiger partial charge is 0.159 e. The average Bonchev–Trinajstić information content (AvgIpc) is 3.10. The highest BCUT2D eigenvalue weighted by atomic mass is 16.3. The maximum Gasteiger partial charge on any atom is 0.159 e. The molecule has 0 aromatic carbocycles. The molecule has 7 nitrogen and oxygen atoms in total. The van der Waals surface area contributed by atoms with Crippen LogP contribution >= 0.6 is 0 Å². The predicted molar refractivity (Wildman–Crippen MR) is 136 cm³/mol. The van der Waals surface area contributed by atoms with E-state index in [2.05, 4.69) is 6.58 Å². The molecule has 0 aliphatic heterocycles. The molecule has 7 heteroatoms. The Balaban J connectivity index is 1.66. The number of aliphatic hydroxyl groups is 6. The molecule has 0 bridgehead atoms. The summed E-state index contributed by atoms with van der Waals surface area (Å²) >= 11 is 0. The van der Waals surface area contributed by atoms with Crippen molar-refractivity contribution in [2.24, 2.45) is 34.5 Å². The van der Waals surface area contributed by atoms with Gasteiger partial charge in [0.1, 0.15) is 0 Å². The lowest BCUT2D eigenvalue weighted by Gasteiger charge is -2.60. The summed E-state index contributed by atoms with van der Waals surface area (Å²) in [7, 11) is 0. The molecule has 4 aliphatic rings. The maximum atomic E-state index is 13.3. The highest BCUT2D eigenvalue weighted by Crippen LogP contribution is 2.68. The molecule has 36 heavy (non-hydrogen) atoms. The molecular formula is C29H46O7. The molecule has 0 unspecified atom stereocenters. The standard InChI is InChI=1S/C29H46O7/c1-6-17(16(2)15-30)11-25(34)28(5,35)24-8-10-29(36)19-12-21(31)20-13-22(32)23(33)14-26(20,3)18(19)7-9-27(24,29)4/h12,17-18,20,22-25,30,32-36H,2,6-11,13-15H2,1,3-5H3/t17-,18+,20+,22-,23+,24+,25-,26-,27-,28-,29-/m1/s1. The van der Waals surface area contributed by atoms with Crippen LogP contribution in [0.1, 0.15) is 79.1 Å². The summed E-state index contributed by atoms with van der Waals surface area (Å²) in [4.78, 5) is 13.3. The fourth-order valence-electron chi connectivity index (χ4n) is 8.80. The van der Waals surface area contributed by atoms with Gasteiger partial charge in [-0.05, 0) is 98.7 Å². The van der Waals surface area contributed by atoms with Crippen LogP contribution in [0.2, 0.25) is 0 Å². The van der Waals surface area contributed by atoms with Gasteiger partial charge in [-0.15, -0.1) is 0 Å². The summed E-state index contributed by atoms with van der Waals surface area (Å²) in [6.45, 7) is 11.4. The van der Waals surface area contributed by atoms with Gasteiger partial charge >= 0.3 is 0 Å². The maximum absolute atomic E-state index is 13.3. The van der Waals surface area contributed by atoms with E-state index in [1.54, 1.807) is 13.0 Å². The number of carbonyl (C=O) groups is 1. The number of allylic oxidation sites excluding steroid dienone is 1. The van der Waals surface area contributed by atoms with E-state index in [4.69, 9.17) is 0 Å². The Kier molecular flexibility index (Phi) is 7.20. The minimum absolute atomic E-state index is 0.0913. The van der Waals surface area contributed by atoms with E-state index in [9.17, 15) is 35.4 Å². The summed E-state index contributed by atoms with van der Waals surface area (Å²) in [5.74, 6) is -1.09. The van der Waals surface area contributed by atoms with Gasteiger partial charge in [0.25, 0.3) is 0 Å². The number of ketones is 1. The van der Waals surface area contributed by atoms with Gasteiger partial charge in [0, 0.05) is 11.3 Å². The lowest BCUT2D eigenvalue weighted by Crippen LogP contribution is -2.63. The highest BCUT2D eigenvalue weighted by molar-refractivity contribution is 5.95. The van der Waals surface area contributed by atoms with E-state index < -0.39 is 46.3 Å². The average molecular weight is 507 g/mol. The van der Waals surface area contributed by atoms with Gasteiger partial charge in [-0.3, -0.25) is 4.79 Å². The summed E-state index contributed by atoms with van der Waals surface area (Å²) < 4.78 is 0. The van der Waals surface area contributed by atoms with Crippen molar-refractivity contribution in [1.82, 2.24) is 0 Å². The van der Waals surface area contributed by atoms with Crippen LogP contribution in [0.15, 0.2) is 23.8 Å². The second-order valence-electron chi connectivity index (χ2n) is 13.0. The van der Waals surface area contributed by atoms with E-state index in [0.717, 1.165) is 0 Å². The SMILES string of the molecule is C=C(CO)[C@H](CC)C[C@@H](O)[C@](C)(O)[C@H]1CC[C@@]2(O)C3=CC(=O)[C@@H]4C[C@@H](O)[C@@H](O)C[C@]4(C)[C@H]3CC[C@]12C. The van der Waals surface area contributed by atoms with E-state index in [-0.39, 0.29) is 43.0 Å². The first-order valence-electron chi connectivity index (χ1n) is 13.7. The Morgan fingerprint density at radius 2 is 1.86 bits per heavy atom. The zero-order chi connectivity index (χ0) is 26.8. The van der Waals surface area contributed by atoms with Gasteiger partial charge in [-0.25, -0.2) is 0 Å². The Bertz CT molecular complexity index is 927. The third kappa shape index (κ3) is 3.88. The number of hydrogen-bond acceptors (Lipinski definition) is 7. The molecule has 0 aromatic heterocycles. The molecule has 0 saturated heterocycles. The molecule has 0 heterocycles. The fourth-order valence-corrected chi connectivity index (χ4v) is 8.80. The quantitative estimate of drug-likeness (QED) is 0.291. The van der Waals surface area contributed by atoms with Crippen molar-refractivity contribution in [1.29, 1.82) is 0 Å². The lowest BCUT2D eigenvalue weighted by atomic mass is 9.45. The van der Waals surface area contributed by atoms with Crippen LogP contribution in [0, 0.1) is 34.5 Å². The van der Waals surface area contributed by atoms with Crippen molar-refractivity contribution >= 4 is 5.78 Å².